The Morgan fingerprint density at radius 2 is 0.742 bits per heavy atom. The second-order valence-electron chi connectivity index (χ2n) is 12.4. The number of Topliss-reactive ketones (excluding diaryl/α,β-unsaturated/α-hetero) is 1. The van der Waals surface area contributed by atoms with Crippen molar-refractivity contribution in [2.45, 2.75) is 6.54 Å². The number of carbonyl (C=O) groups excluding carboxylic acids is 1. The van der Waals surface area contributed by atoms with Crippen molar-refractivity contribution < 1.29 is 102 Å². The minimum absolute atomic E-state index is 0.0418. The molecule has 62 heavy (non-hydrogen) atoms. The van der Waals surface area contributed by atoms with Crippen molar-refractivity contribution in [3.05, 3.63) is 171 Å². The molecule has 0 atom stereocenters. The van der Waals surface area contributed by atoms with Crippen LogP contribution < -0.4 is 31.2 Å². The van der Waals surface area contributed by atoms with Crippen LogP contribution in [0.15, 0.2) is 49.1 Å². The molecule has 0 aliphatic heterocycles. The van der Waals surface area contributed by atoms with Crippen LogP contribution in [0.4, 0.5) is 87.8 Å². The van der Waals surface area contributed by atoms with Crippen molar-refractivity contribution in [2.75, 3.05) is 7.11 Å². The molecule has 4 nitrogen and oxygen atoms in total. The first-order valence-electron chi connectivity index (χ1n) is 16.2. The maximum Gasteiger partial charge on any atom is 0.227 e. The average Bonchev–Trinajstić information content (AvgIpc) is 3.26. The summed E-state index contributed by atoms with van der Waals surface area (Å²) in [5.74, 6) is -70.7. The van der Waals surface area contributed by atoms with E-state index in [1.165, 1.54) is 0 Å². The van der Waals surface area contributed by atoms with E-state index in [1.807, 2.05) is 12.1 Å². The third-order valence-corrected chi connectivity index (χ3v) is 9.11. The number of methoxy groups -OCH3 is 1. The fraction of sp³-hybridized carbons (Fsp3) is 0.0541. The summed E-state index contributed by atoms with van der Waals surface area (Å²) >= 11 is 0. The number of carbonyl (C=O) groups is 1. The number of nitrogens with zero attached hydrogens (tertiary/aromatic N) is 2. The molecule has 0 spiro atoms. The maximum atomic E-state index is 15.4. The van der Waals surface area contributed by atoms with Gasteiger partial charge in [0, 0.05) is 5.56 Å². The Bertz CT molecular complexity index is 2410. The van der Waals surface area contributed by atoms with Crippen LogP contribution in [0, 0.1) is 116 Å². The predicted octanol–water partition coefficient (Wildman–Crippen LogP) is 7.11. The standard InChI is InChI=1S/C24BF20.C13H13N2O2/c26-5-1(6(27)14(35)21(42)13(5)34)25(2-7(28)15(36)22(43)16(37)8(2)29,3-9(30)17(38)23(44)18(39)10(3)31)4-11(32)19(40)24(45)20(41)12(4)33;1-17-12-4-2-3-11(9-12)13(16)10-15-7-5-14-6-8-15/h;2-9H,10H2,1H3/q-1;+1. The summed E-state index contributed by atoms with van der Waals surface area (Å²) in [7, 11) is 1.58. The van der Waals surface area contributed by atoms with Crippen LogP contribution in [0.2, 0.25) is 0 Å². The van der Waals surface area contributed by atoms with E-state index in [0.717, 1.165) is 0 Å². The first-order valence-corrected chi connectivity index (χ1v) is 16.2. The first-order chi connectivity index (χ1) is 29.0. The second kappa shape index (κ2) is 17.4. The summed E-state index contributed by atoms with van der Waals surface area (Å²) in [6.45, 7) is 0.301. The van der Waals surface area contributed by atoms with Crippen LogP contribution in [0.3, 0.4) is 0 Å². The molecule has 326 valence electrons. The SMILES string of the molecule is COc1cccc(C(=O)C[n+]2ccncc2)c1.Fc1c(F)c(F)c([B-](c2c(F)c(F)c(F)c(F)c2F)(c2c(F)c(F)c(F)c(F)c2F)c2c(F)c(F)c(F)c(F)c2F)c(F)c1F. The minimum atomic E-state index is -7.22. The molecule has 0 bridgehead atoms. The molecule has 5 aromatic carbocycles. The smallest absolute Gasteiger partial charge is 0.227 e. The average molecular weight is 908 g/mol. The molecule has 0 saturated carbocycles. The van der Waals surface area contributed by atoms with E-state index in [4.69, 9.17) is 4.74 Å². The lowest BCUT2D eigenvalue weighted by Gasteiger charge is -2.44. The highest BCUT2D eigenvalue weighted by Crippen LogP contribution is 2.30. The van der Waals surface area contributed by atoms with Gasteiger partial charge < -0.3 is 4.74 Å². The topological polar surface area (TPSA) is 43.1 Å². The van der Waals surface area contributed by atoms with Crippen LogP contribution in [-0.2, 0) is 6.54 Å². The van der Waals surface area contributed by atoms with Gasteiger partial charge in [0.05, 0.1) is 19.5 Å². The summed E-state index contributed by atoms with van der Waals surface area (Å²) < 4.78 is 301. The molecule has 6 rings (SSSR count). The third-order valence-electron chi connectivity index (χ3n) is 9.11. The summed E-state index contributed by atoms with van der Waals surface area (Å²) in [6, 6.07) is 7.15. The van der Waals surface area contributed by atoms with Gasteiger partial charge in [0.25, 0.3) is 0 Å². The molecular weight excluding hydrogens is 895 g/mol. The Hall–Kier alpha value is -6.69. The van der Waals surface area contributed by atoms with Crippen LogP contribution in [0.1, 0.15) is 10.4 Å². The van der Waals surface area contributed by atoms with E-state index in [9.17, 15) is 57.5 Å². The van der Waals surface area contributed by atoms with Gasteiger partial charge >= 0.3 is 0 Å². The van der Waals surface area contributed by atoms with Crippen molar-refractivity contribution in [1.29, 1.82) is 0 Å². The normalized spacial score (nSPS) is 11.4. The largest absolute Gasteiger partial charge is 0.497 e. The van der Waals surface area contributed by atoms with Gasteiger partial charge in [0.1, 0.15) is 58.4 Å². The summed E-state index contributed by atoms with van der Waals surface area (Å²) in [5, 5.41) is 0. The van der Waals surface area contributed by atoms with Crippen LogP contribution in [-0.4, -0.2) is 24.0 Å². The number of ketones is 1. The van der Waals surface area contributed by atoms with E-state index in [1.54, 1.807) is 48.6 Å². The fourth-order valence-electron chi connectivity index (χ4n) is 6.38. The Balaban J connectivity index is 0.000000355. The van der Waals surface area contributed by atoms with E-state index in [0.29, 0.717) is 17.9 Å². The molecule has 25 heteroatoms. The Morgan fingerprint density at radius 1 is 0.468 bits per heavy atom. The van der Waals surface area contributed by atoms with Crippen LogP contribution in [0.25, 0.3) is 0 Å². The van der Waals surface area contributed by atoms with Crippen LogP contribution in [0.5, 0.6) is 5.75 Å². The molecule has 0 aliphatic rings. The van der Waals surface area contributed by atoms with Crippen molar-refractivity contribution in [1.82, 2.24) is 4.98 Å². The molecule has 0 unspecified atom stereocenters. The van der Waals surface area contributed by atoms with Crippen molar-refractivity contribution in [2.24, 2.45) is 0 Å². The van der Waals surface area contributed by atoms with Gasteiger partial charge in [-0.1, -0.05) is 12.1 Å². The van der Waals surface area contributed by atoms with Gasteiger partial charge in [-0.3, -0.25) is 9.78 Å². The van der Waals surface area contributed by atoms with Crippen molar-refractivity contribution in [3.8, 4) is 5.75 Å². The molecule has 1 heterocycles. The molecule has 1 aromatic heterocycles. The fourth-order valence-corrected chi connectivity index (χ4v) is 6.38. The molecular formula is C37H13BF20N2O2. The molecule has 0 fully saturated rings. The number of aromatic nitrogens is 2. The Morgan fingerprint density at radius 3 is 1.02 bits per heavy atom. The van der Waals surface area contributed by atoms with E-state index in [-0.39, 0.29) is 5.78 Å². The summed E-state index contributed by atoms with van der Waals surface area (Å²) in [4.78, 5) is 15.9. The highest BCUT2D eigenvalue weighted by molar-refractivity contribution is 7.20. The molecule has 0 N–H and O–H groups in total. The summed E-state index contributed by atoms with van der Waals surface area (Å²) in [5.41, 5.74) is -13.7. The molecule has 6 aromatic rings. The van der Waals surface area contributed by atoms with E-state index >= 15 is 35.1 Å². The number of halogens is 20. The molecule has 0 radical (unpaired) electrons. The lowest BCUT2D eigenvalue weighted by Crippen LogP contribution is -2.81. The number of rotatable bonds is 8. The van der Waals surface area contributed by atoms with Crippen molar-refractivity contribution >= 4 is 33.8 Å². The maximum absolute atomic E-state index is 15.4. The minimum Gasteiger partial charge on any atom is -0.497 e. The first kappa shape index (κ1) is 46.4. The zero-order chi connectivity index (χ0) is 46.4. The van der Waals surface area contributed by atoms with Gasteiger partial charge in [-0.15, -0.1) is 21.9 Å². The van der Waals surface area contributed by atoms with Crippen molar-refractivity contribution in [3.63, 3.8) is 0 Å². The monoisotopic (exact) mass is 908 g/mol. The quantitative estimate of drug-likeness (QED) is 0.0409. The zero-order valence-electron chi connectivity index (χ0n) is 29.7. The third kappa shape index (κ3) is 7.31. The lowest BCUT2D eigenvalue weighted by molar-refractivity contribution is -0.683. The lowest BCUT2D eigenvalue weighted by atomic mass is 9.12. The number of ether oxygens (including phenoxy) is 1. The van der Waals surface area contributed by atoms with Crippen LogP contribution >= 0.6 is 0 Å². The summed E-state index contributed by atoms with van der Waals surface area (Å²) in [6.07, 6.45) is -0.390. The highest BCUT2D eigenvalue weighted by atomic mass is 19.2. The molecule has 0 amide bonds. The second-order valence-corrected chi connectivity index (χ2v) is 12.4. The van der Waals surface area contributed by atoms with Gasteiger partial charge in [-0.25, -0.2) is 87.8 Å². The highest BCUT2D eigenvalue weighted by Gasteiger charge is 2.52. The number of hydrogen-bond acceptors (Lipinski definition) is 3. The number of hydrogen-bond donors (Lipinski definition) is 0. The van der Waals surface area contributed by atoms with Gasteiger partial charge in [0.2, 0.25) is 12.3 Å². The van der Waals surface area contributed by atoms with Gasteiger partial charge in [-0.05, 0) is 12.1 Å². The van der Waals surface area contributed by atoms with Gasteiger partial charge in [0.15, 0.2) is 82.2 Å². The number of benzene rings is 5. The Kier molecular flexibility index (Phi) is 13.0. The predicted molar refractivity (Wildman–Crippen MR) is 171 cm³/mol. The van der Waals surface area contributed by atoms with Gasteiger partial charge in [-0.2, -0.15) is 4.57 Å². The Labute approximate surface area is 331 Å². The van der Waals surface area contributed by atoms with E-state index < -0.39 is 144 Å². The molecule has 0 aliphatic carbocycles. The zero-order valence-corrected chi connectivity index (χ0v) is 29.7. The molecule has 0 saturated heterocycles. The van der Waals surface area contributed by atoms with E-state index in [2.05, 4.69) is 4.98 Å².